The van der Waals surface area contributed by atoms with E-state index in [-0.39, 0.29) is 17.2 Å². The summed E-state index contributed by atoms with van der Waals surface area (Å²) >= 11 is 4.71. The Bertz CT molecular complexity index is 933. The topological polar surface area (TPSA) is 44.4 Å². The molecule has 4 nitrogen and oxygen atoms in total. The van der Waals surface area contributed by atoms with Gasteiger partial charge in [0, 0.05) is 56.1 Å². The number of fused-ring (bicyclic) bond motifs is 1. The van der Waals surface area contributed by atoms with E-state index in [1.807, 2.05) is 0 Å². The molecule has 2 N–H and O–H groups in total. The number of hydrogen-bond donors (Lipinski definition) is 3. The predicted molar refractivity (Wildman–Crippen MR) is 130 cm³/mol. The van der Waals surface area contributed by atoms with Gasteiger partial charge in [-0.25, -0.2) is 8.78 Å². The number of thiol groups is 1. The number of anilines is 1. The molecule has 0 bridgehead atoms. The summed E-state index contributed by atoms with van der Waals surface area (Å²) in [4.78, 5) is 14.1. The number of amides is 1. The number of rotatable bonds is 10. The normalized spacial score (nSPS) is 14.9. The molecule has 0 unspecified atom stereocenters. The van der Waals surface area contributed by atoms with Crippen molar-refractivity contribution in [3.63, 3.8) is 0 Å². The van der Waals surface area contributed by atoms with Gasteiger partial charge in [-0.15, -0.1) is 0 Å². The lowest BCUT2D eigenvalue weighted by atomic mass is 10.0. The zero-order chi connectivity index (χ0) is 23.3. The zero-order valence-corrected chi connectivity index (χ0v) is 19.9. The molecular formula is C25H33F2N3OS. The largest absolute Gasteiger partial charge is 0.371 e. The molecule has 0 fully saturated rings. The summed E-state index contributed by atoms with van der Waals surface area (Å²) in [6.07, 6.45) is 2.37. The Hall–Kier alpha value is -2.12. The standard InChI is InChI=1S/C25H33F2N3OS/c1-4-17-8-19-6-7-30(5-2)25(19)20(9-17)14-28-15-24(32)23(29-16(3)31)12-18-10-21(26)13-22(27)11-18/h8-11,13,23-24,28,32H,4-7,12,14-15H2,1-3H3,(H,29,31)/t23-,24-/m0/s1. The Morgan fingerprint density at radius 2 is 1.84 bits per heavy atom. The molecule has 0 aromatic heterocycles. The first-order valence-corrected chi connectivity index (χ1v) is 11.8. The minimum Gasteiger partial charge on any atom is -0.371 e. The first-order valence-electron chi connectivity index (χ1n) is 11.3. The number of carbonyl (C=O) groups is 1. The van der Waals surface area contributed by atoms with E-state index >= 15 is 0 Å². The molecular weight excluding hydrogens is 428 g/mol. The number of carbonyl (C=O) groups excluding carboxylic acids is 1. The van der Waals surface area contributed by atoms with E-state index in [9.17, 15) is 13.6 Å². The highest BCUT2D eigenvalue weighted by atomic mass is 32.1. The molecule has 0 spiro atoms. The van der Waals surface area contributed by atoms with Crippen molar-refractivity contribution >= 4 is 24.2 Å². The van der Waals surface area contributed by atoms with E-state index in [1.54, 1.807) is 0 Å². The monoisotopic (exact) mass is 461 g/mol. The van der Waals surface area contributed by atoms with Gasteiger partial charge in [0.25, 0.3) is 0 Å². The van der Waals surface area contributed by atoms with Crippen molar-refractivity contribution in [3.05, 3.63) is 64.2 Å². The van der Waals surface area contributed by atoms with Crippen LogP contribution in [-0.4, -0.2) is 36.8 Å². The molecule has 1 aliphatic rings. The molecule has 2 aromatic rings. The fourth-order valence-electron chi connectivity index (χ4n) is 4.48. The van der Waals surface area contributed by atoms with Crippen LogP contribution in [0.25, 0.3) is 0 Å². The van der Waals surface area contributed by atoms with Gasteiger partial charge in [-0.2, -0.15) is 12.6 Å². The summed E-state index contributed by atoms with van der Waals surface area (Å²) in [7, 11) is 0. The summed E-state index contributed by atoms with van der Waals surface area (Å²) in [6, 6.07) is 7.67. The molecule has 7 heteroatoms. The number of likely N-dealkylation sites (N-methyl/N-ethyl adjacent to an activating group) is 1. The minimum absolute atomic E-state index is 0.196. The highest BCUT2D eigenvalue weighted by molar-refractivity contribution is 7.81. The maximum atomic E-state index is 13.6. The fraction of sp³-hybridized carbons (Fsp3) is 0.480. The summed E-state index contributed by atoms with van der Waals surface area (Å²) in [6.45, 7) is 9.06. The van der Waals surface area contributed by atoms with E-state index in [1.165, 1.54) is 41.4 Å². The van der Waals surface area contributed by atoms with Crippen LogP contribution >= 0.6 is 12.6 Å². The van der Waals surface area contributed by atoms with Crippen LogP contribution in [0, 0.1) is 11.6 Å². The van der Waals surface area contributed by atoms with E-state index in [2.05, 4.69) is 41.5 Å². The minimum atomic E-state index is -0.624. The van der Waals surface area contributed by atoms with E-state index in [0.717, 1.165) is 32.0 Å². The van der Waals surface area contributed by atoms with E-state index in [0.29, 0.717) is 25.1 Å². The van der Waals surface area contributed by atoms with Crippen LogP contribution in [0.4, 0.5) is 14.5 Å². The molecule has 0 saturated carbocycles. The first kappa shape index (κ1) is 24.5. The number of benzene rings is 2. The van der Waals surface area contributed by atoms with E-state index < -0.39 is 11.6 Å². The van der Waals surface area contributed by atoms with Crippen LogP contribution in [-0.2, 0) is 30.6 Å². The SMILES string of the molecule is CCc1cc2c(c(CNC[C@H](S)[C@H](Cc3cc(F)cc(F)c3)NC(C)=O)c1)N(CC)CC2. The second-order valence-corrected chi connectivity index (χ2v) is 9.10. The van der Waals surface area contributed by atoms with Crippen molar-refractivity contribution in [1.29, 1.82) is 0 Å². The van der Waals surface area contributed by atoms with Crippen LogP contribution in [0.2, 0.25) is 0 Å². The Kier molecular flexibility index (Phi) is 8.54. The first-order chi connectivity index (χ1) is 15.3. The predicted octanol–water partition coefficient (Wildman–Crippen LogP) is 4.05. The average molecular weight is 462 g/mol. The van der Waals surface area contributed by atoms with Crippen molar-refractivity contribution in [2.24, 2.45) is 0 Å². The van der Waals surface area contributed by atoms with Crippen LogP contribution in [0.3, 0.4) is 0 Å². The lowest BCUT2D eigenvalue weighted by Gasteiger charge is -2.26. The second-order valence-electron chi connectivity index (χ2n) is 8.43. The third-order valence-corrected chi connectivity index (χ3v) is 6.53. The van der Waals surface area contributed by atoms with Gasteiger partial charge < -0.3 is 15.5 Å². The van der Waals surface area contributed by atoms with Gasteiger partial charge in [0.15, 0.2) is 0 Å². The second kappa shape index (κ2) is 11.1. The lowest BCUT2D eigenvalue weighted by molar-refractivity contribution is -0.119. The molecule has 0 aliphatic carbocycles. The number of halogens is 2. The maximum absolute atomic E-state index is 13.6. The van der Waals surface area contributed by atoms with Crippen LogP contribution < -0.4 is 15.5 Å². The Morgan fingerprint density at radius 1 is 1.12 bits per heavy atom. The van der Waals surface area contributed by atoms with Gasteiger partial charge in [0.2, 0.25) is 5.91 Å². The molecule has 0 saturated heterocycles. The molecule has 0 radical (unpaired) electrons. The van der Waals surface area contributed by atoms with Crippen molar-refractivity contribution in [2.45, 2.75) is 57.9 Å². The van der Waals surface area contributed by atoms with Crippen LogP contribution in [0.5, 0.6) is 0 Å². The van der Waals surface area contributed by atoms with Gasteiger partial charge in [-0.05, 0) is 60.6 Å². The van der Waals surface area contributed by atoms with Gasteiger partial charge in [0.05, 0.1) is 0 Å². The molecule has 2 aromatic carbocycles. The lowest BCUT2D eigenvalue weighted by Crippen LogP contribution is -2.45. The molecule has 32 heavy (non-hydrogen) atoms. The summed E-state index contributed by atoms with van der Waals surface area (Å²) in [5.74, 6) is -1.45. The van der Waals surface area contributed by atoms with Crippen molar-refractivity contribution in [1.82, 2.24) is 10.6 Å². The Balaban J connectivity index is 1.68. The van der Waals surface area contributed by atoms with Crippen molar-refractivity contribution in [2.75, 3.05) is 24.5 Å². The number of nitrogens with zero attached hydrogens (tertiary/aromatic N) is 1. The zero-order valence-electron chi connectivity index (χ0n) is 19.0. The van der Waals surface area contributed by atoms with E-state index in [4.69, 9.17) is 12.6 Å². The van der Waals surface area contributed by atoms with Gasteiger partial charge in [-0.1, -0.05) is 19.1 Å². The number of nitrogens with one attached hydrogen (secondary N) is 2. The molecule has 2 atom stereocenters. The number of aryl methyl sites for hydroxylation is 1. The molecule has 1 heterocycles. The fourth-order valence-corrected chi connectivity index (χ4v) is 4.78. The Morgan fingerprint density at radius 3 is 2.47 bits per heavy atom. The third kappa shape index (κ3) is 6.23. The summed E-state index contributed by atoms with van der Waals surface area (Å²) in [5, 5.41) is 6.14. The van der Waals surface area contributed by atoms with Gasteiger partial charge >= 0.3 is 0 Å². The van der Waals surface area contributed by atoms with Gasteiger partial charge in [0.1, 0.15) is 11.6 Å². The highest BCUT2D eigenvalue weighted by Gasteiger charge is 2.23. The average Bonchev–Trinajstić information content (AvgIpc) is 3.15. The van der Waals surface area contributed by atoms with Gasteiger partial charge in [-0.3, -0.25) is 4.79 Å². The number of hydrogen-bond acceptors (Lipinski definition) is 4. The quantitative estimate of drug-likeness (QED) is 0.468. The van der Waals surface area contributed by atoms with Crippen molar-refractivity contribution < 1.29 is 13.6 Å². The molecule has 3 rings (SSSR count). The van der Waals surface area contributed by atoms with Crippen molar-refractivity contribution in [3.8, 4) is 0 Å². The molecule has 1 aliphatic heterocycles. The molecule has 1 amide bonds. The summed E-state index contributed by atoms with van der Waals surface area (Å²) in [5.41, 5.74) is 5.86. The van der Waals surface area contributed by atoms with Crippen LogP contribution in [0.15, 0.2) is 30.3 Å². The molecule has 174 valence electrons. The van der Waals surface area contributed by atoms with Crippen LogP contribution in [0.1, 0.15) is 43.0 Å². The highest BCUT2D eigenvalue weighted by Crippen LogP contribution is 2.33. The summed E-state index contributed by atoms with van der Waals surface area (Å²) < 4.78 is 27.2. The smallest absolute Gasteiger partial charge is 0.217 e. The Labute approximate surface area is 195 Å². The maximum Gasteiger partial charge on any atom is 0.217 e. The third-order valence-electron chi connectivity index (χ3n) is 5.98.